The highest BCUT2D eigenvalue weighted by atomic mass is 19.3. The minimum Gasteiger partial charge on any atom is -0.206 e. The number of halogens is 2. The lowest BCUT2D eigenvalue weighted by molar-refractivity contribution is -0.0621. The molecular formula is C11H22F2. The Bertz CT molecular complexity index is 163. The molecule has 0 amide bonds. The molecular weight excluding hydrogens is 170 g/mol. The van der Waals surface area contributed by atoms with Gasteiger partial charge in [-0.1, -0.05) is 35.1 Å². The Labute approximate surface area is 80.7 Å². The van der Waals surface area contributed by atoms with E-state index in [9.17, 15) is 8.78 Å². The SMILES string of the molecule is C.CC.CC1C2CC2C(F)(F)C1C. The van der Waals surface area contributed by atoms with Gasteiger partial charge >= 0.3 is 0 Å². The Balaban J connectivity index is 0.000000451. The zero-order valence-corrected chi connectivity index (χ0v) is 8.27. The molecule has 0 aliphatic heterocycles. The van der Waals surface area contributed by atoms with Crippen LogP contribution in [0.2, 0.25) is 0 Å². The van der Waals surface area contributed by atoms with Crippen LogP contribution in [0.1, 0.15) is 41.5 Å². The predicted octanol–water partition coefficient (Wildman–Crippen LogP) is 4.21. The molecule has 2 fully saturated rings. The van der Waals surface area contributed by atoms with Gasteiger partial charge in [-0.2, -0.15) is 0 Å². The van der Waals surface area contributed by atoms with Crippen molar-refractivity contribution in [3.63, 3.8) is 0 Å². The quantitative estimate of drug-likeness (QED) is 0.539. The molecule has 2 aliphatic rings. The van der Waals surface area contributed by atoms with Crippen LogP contribution in [0.4, 0.5) is 8.78 Å². The van der Waals surface area contributed by atoms with Gasteiger partial charge in [0.1, 0.15) is 0 Å². The average molecular weight is 192 g/mol. The monoisotopic (exact) mass is 192 g/mol. The summed E-state index contributed by atoms with van der Waals surface area (Å²) in [7, 11) is 0. The fourth-order valence-corrected chi connectivity index (χ4v) is 2.30. The third kappa shape index (κ3) is 1.72. The van der Waals surface area contributed by atoms with Gasteiger partial charge in [0.2, 0.25) is 0 Å². The van der Waals surface area contributed by atoms with Gasteiger partial charge < -0.3 is 0 Å². The largest absolute Gasteiger partial charge is 0.253 e. The van der Waals surface area contributed by atoms with Gasteiger partial charge in [0, 0.05) is 11.8 Å². The summed E-state index contributed by atoms with van der Waals surface area (Å²) in [5.74, 6) is -2.37. The van der Waals surface area contributed by atoms with E-state index in [1.165, 1.54) is 0 Å². The van der Waals surface area contributed by atoms with Crippen LogP contribution in [0, 0.1) is 23.7 Å². The Morgan fingerprint density at radius 2 is 1.62 bits per heavy atom. The van der Waals surface area contributed by atoms with Crippen molar-refractivity contribution in [3.05, 3.63) is 0 Å². The van der Waals surface area contributed by atoms with E-state index in [0.29, 0.717) is 5.92 Å². The third-order valence-electron chi connectivity index (χ3n) is 3.41. The Morgan fingerprint density at radius 3 is 1.77 bits per heavy atom. The van der Waals surface area contributed by atoms with Crippen LogP contribution in [0.5, 0.6) is 0 Å². The molecule has 0 aromatic rings. The molecule has 0 radical (unpaired) electrons. The summed E-state index contributed by atoms with van der Waals surface area (Å²) in [6.45, 7) is 7.63. The average Bonchev–Trinajstić information content (AvgIpc) is 2.81. The normalized spacial score (nSPS) is 43.8. The van der Waals surface area contributed by atoms with Crippen molar-refractivity contribution in [1.29, 1.82) is 0 Å². The van der Waals surface area contributed by atoms with Crippen LogP contribution in [0.15, 0.2) is 0 Å². The summed E-state index contributed by atoms with van der Waals surface area (Å²) in [4.78, 5) is 0. The first-order chi connectivity index (χ1) is 5.55. The van der Waals surface area contributed by atoms with Crippen molar-refractivity contribution in [2.75, 3.05) is 0 Å². The van der Waals surface area contributed by atoms with Crippen LogP contribution >= 0.6 is 0 Å². The van der Waals surface area contributed by atoms with E-state index >= 15 is 0 Å². The van der Waals surface area contributed by atoms with Crippen molar-refractivity contribution in [1.82, 2.24) is 0 Å². The number of hydrogen-bond acceptors (Lipinski definition) is 0. The van der Waals surface area contributed by atoms with E-state index < -0.39 is 5.92 Å². The lowest BCUT2D eigenvalue weighted by Gasteiger charge is -2.21. The predicted molar refractivity (Wildman–Crippen MR) is 53.0 cm³/mol. The zero-order chi connectivity index (χ0) is 9.52. The maximum absolute atomic E-state index is 13.0. The molecule has 4 atom stereocenters. The van der Waals surface area contributed by atoms with Gasteiger partial charge in [0.25, 0.3) is 5.92 Å². The molecule has 4 unspecified atom stereocenters. The zero-order valence-electron chi connectivity index (χ0n) is 8.27. The maximum atomic E-state index is 13.0. The van der Waals surface area contributed by atoms with Gasteiger partial charge in [-0.25, -0.2) is 8.78 Å². The number of rotatable bonds is 0. The second-order valence-corrected chi connectivity index (χ2v) is 3.83. The third-order valence-corrected chi connectivity index (χ3v) is 3.41. The van der Waals surface area contributed by atoms with Gasteiger partial charge in [-0.15, -0.1) is 0 Å². The van der Waals surface area contributed by atoms with Crippen LogP contribution in [-0.4, -0.2) is 5.92 Å². The first-order valence-electron chi connectivity index (χ1n) is 4.93. The summed E-state index contributed by atoms with van der Waals surface area (Å²) in [6, 6.07) is 0. The van der Waals surface area contributed by atoms with E-state index in [2.05, 4.69) is 0 Å². The van der Waals surface area contributed by atoms with E-state index in [4.69, 9.17) is 0 Å². The highest BCUT2D eigenvalue weighted by Crippen LogP contribution is 2.65. The molecule has 80 valence electrons. The minimum absolute atomic E-state index is 0. The summed E-state index contributed by atoms with van der Waals surface area (Å²) < 4.78 is 26.0. The van der Waals surface area contributed by atoms with E-state index in [-0.39, 0.29) is 25.2 Å². The van der Waals surface area contributed by atoms with Crippen molar-refractivity contribution < 1.29 is 8.78 Å². The molecule has 0 aromatic carbocycles. The van der Waals surface area contributed by atoms with Gasteiger partial charge in [0.15, 0.2) is 0 Å². The van der Waals surface area contributed by atoms with E-state index in [1.807, 2.05) is 20.8 Å². The minimum atomic E-state index is -2.34. The van der Waals surface area contributed by atoms with Crippen LogP contribution < -0.4 is 0 Å². The molecule has 0 heterocycles. The van der Waals surface area contributed by atoms with Crippen LogP contribution in [0.25, 0.3) is 0 Å². The molecule has 0 spiro atoms. The molecule has 2 saturated carbocycles. The smallest absolute Gasteiger partial charge is 0.206 e. The van der Waals surface area contributed by atoms with Crippen molar-refractivity contribution >= 4 is 0 Å². The van der Waals surface area contributed by atoms with Crippen LogP contribution in [-0.2, 0) is 0 Å². The van der Waals surface area contributed by atoms with Crippen molar-refractivity contribution in [2.24, 2.45) is 23.7 Å². The van der Waals surface area contributed by atoms with Crippen LogP contribution in [0.3, 0.4) is 0 Å². The molecule has 0 saturated heterocycles. The molecule has 0 bridgehead atoms. The summed E-state index contributed by atoms with van der Waals surface area (Å²) in [6.07, 6.45) is 0.776. The standard InChI is InChI=1S/C8H12F2.C2H6.CH4/c1-4-5(2)8(9,10)7-3-6(4)7;1-2;/h4-7H,3H2,1-2H3;1-2H3;1H4. The highest BCUT2D eigenvalue weighted by molar-refractivity contribution is 5.09. The molecule has 2 aliphatic carbocycles. The second kappa shape index (κ2) is 3.93. The Hall–Kier alpha value is -0.140. The van der Waals surface area contributed by atoms with E-state index in [1.54, 1.807) is 6.92 Å². The van der Waals surface area contributed by atoms with Crippen molar-refractivity contribution in [3.8, 4) is 0 Å². The van der Waals surface area contributed by atoms with Crippen molar-refractivity contribution in [2.45, 2.75) is 47.5 Å². The lowest BCUT2D eigenvalue weighted by Crippen LogP contribution is -2.26. The lowest BCUT2D eigenvalue weighted by atomic mass is 9.93. The summed E-state index contributed by atoms with van der Waals surface area (Å²) in [5, 5.41) is 0. The Morgan fingerprint density at radius 1 is 1.15 bits per heavy atom. The summed E-state index contributed by atoms with van der Waals surface area (Å²) in [5.41, 5.74) is 0. The Kier molecular flexibility index (Phi) is 3.89. The molecule has 0 N–H and O–H groups in total. The molecule has 2 heteroatoms. The second-order valence-electron chi connectivity index (χ2n) is 3.83. The highest BCUT2D eigenvalue weighted by Gasteiger charge is 2.67. The fourth-order valence-electron chi connectivity index (χ4n) is 2.30. The molecule has 2 rings (SSSR count). The fraction of sp³-hybridized carbons (Fsp3) is 1.00. The number of hydrogen-bond donors (Lipinski definition) is 0. The number of alkyl halides is 2. The summed E-state index contributed by atoms with van der Waals surface area (Å²) >= 11 is 0. The molecule has 0 aromatic heterocycles. The van der Waals surface area contributed by atoms with Gasteiger partial charge in [0.05, 0.1) is 0 Å². The number of fused-ring (bicyclic) bond motifs is 1. The van der Waals surface area contributed by atoms with Gasteiger partial charge in [-0.05, 0) is 18.3 Å². The first-order valence-corrected chi connectivity index (χ1v) is 4.93. The molecule has 13 heavy (non-hydrogen) atoms. The maximum Gasteiger partial charge on any atom is 0.253 e. The first kappa shape index (κ1) is 12.9. The van der Waals surface area contributed by atoms with Gasteiger partial charge in [-0.3, -0.25) is 0 Å². The topological polar surface area (TPSA) is 0 Å². The van der Waals surface area contributed by atoms with E-state index in [0.717, 1.165) is 6.42 Å². The molecule has 0 nitrogen and oxygen atoms in total.